The Balaban J connectivity index is 1.75. The molecule has 0 aliphatic carbocycles. The molecule has 1 fully saturated rings. The Labute approximate surface area is 160 Å². The van der Waals surface area contributed by atoms with Gasteiger partial charge in [-0.15, -0.1) is 0 Å². The van der Waals surface area contributed by atoms with Crippen molar-refractivity contribution in [2.24, 2.45) is 5.92 Å². The van der Waals surface area contributed by atoms with E-state index in [-0.39, 0.29) is 23.7 Å². The Hall–Kier alpha value is -2.82. The van der Waals surface area contributed by atoms with Crippen LogP contribution in [-0.4, -0.2) is 36.9 Å². The van der Waals surface area contributed by atoms with E-state index in [1.807, 2.05) is 66.4 Å². The number of ether oxygens (including phenoxy) is 1. The molecule has 1 heterocycles. The lowest BCUT2D eigenvalue weighted by Crippen LogP contribution is -2.35. The van der Waals surface area contributed by atoms with E-state index in [0.717, 1.165) is 16.9 Å². The second kappa shape index (κ2) is 8.71. The highest BCUT2D eigenvalue weighted by molar-refractivity contribution is 5.83. The van der Waals surface area contributed by atoms with E-state index in [2.05, 4.69) is 5.32 Å². The zero-order chi connectivity index (χ0) is 19.2. The molecule has 2 atom stereocenters. The van der Waals surface area contributed by atoms with Crippen molar-refractivity contribution in [2.75, 3.05) is 20.2 Å². The van der Waals surface area contributed by atoms with Crippen LogP contribution in [0, 0.1) is 5.92 Å². The van der Waals surface area contributed by atoms with Crippen molar-refractivity contribution in [3.8, 4) is 5.75 Å². The summed E-state index contributed by atoms with van der Waals surface area (Å²) in [5.41, 5.74) is 2.12. The number of benzene rings is 2. The maximum Gasteiger partial charge on any atom is 0.225 e. The second-order valence-corrected chi connectivity index (χ2v) is 6.84. The van der Waals surface area contributed by atoms with E-state index in [1.54, 1.807) is 7.11 Å². The molecule has 0 bridgehead atoms. The first kappa shape index (κ1) is 19.0. The van der Waals surface area contributed by atoms with E-state index < -0.39 is 0 Å². The van der Waals surface area contributed by atoms with E-state index in [1.165, 1.54) is 0 Å². The van der Waals surface area contributed by atoms with Crippen molar-refractivity contribution in [1.82, 2.24) is 10.2 Å². The fourth-order valence-corrected chi connectivity index (χ4v) is 3.60. The lowest BCUT2D eigenvalue weighted by molar-refractivity contribution is -0.130. The zero-order valence-corrected chi connectivity index (χ0v) is 15.9. The number of nitrogens with zero attached hydrogens (tertiary/aromatic N) is 1. The first-order valence-electron chi connectivity index (χ1n) is 9.35. The van der Waals surface area contributed by atoms with Crippen LogP contribution in [0.4, 0.5) is 0 Å². The number of hydrogen-bond acceptors (Lipinski definition) is 3. The number of methoxy groups -OCH3 is 1. The predicted octanol–water partition coefficient (Wildman–Crippen LogP) is 2.96. The number of rotatable bonds is 6. The second-order valence-electron chi connectivity index (χ2n) is 6.84. The highest BCUT2D eigenvalue weighted by atomic mass is 16.5. The van der Waals surface area contributed by atoms with Gasteiger partial charge in [-0.2, -0.15) is 0 Å². The molecule has 1 aliphatic heterocycles. The van der Waals surface area contributed by atoms with Gasteiger partial charge >= 0.3 is 0 Å². The average Bonchev–Trinajstić information content (AvgIpc) is 3.18. The van der Waals surface area contributed by atoms with Crippen LogP contribution in [0.25, 0.3) is 0 Å². The molecule has 1 saturated heterocycles. The van der Waals surface area contributed by atoms with E-state index in [9.17, 15) is 9.59 Å². The summed E-state index contributed by atoms with van der Waals surface area (Å²) in [7, 11) is 1.63. The quantitative estimate of drug-likeness (QED) is 0.855. The molecule has 5 heteroatoms. The first-order valence-corrected chi connectivity index (χ1v) is 9.35. The van der Waals surface area contributed by atoms with Crippen LogP contribution in [0.2, 0.25) is 0 Å². The Bertz CT molecular complexity index is 774. The zero-order valence-electron chi connectivity index (χ0n) is 15.9. The van der Waals surface area contributed by atoms with Gasteiger partial charge < -0.3 is 15.0 Å². The SMILES string of the molecule is CCC(=O)N1C[C@H](C(=O)NCc2ccccc2)[C@@H](c2ccc(OC)cc2)C1. The molecule has 2 aromatic rings. The third kappa shape index (κ3) is 4.48. The summed E-state index contributed by atoms with van der Waals surface area (Å²) in [5.74, 6) is 0.598. The fourth-order valence-electron chi connectivity index (χ4n) is 3.60. The molecule has 0 aromatic heterocycles. The highest BCUT2D eigenvalue weighted by Gasteiger charge is 2.39. The molecule has 1 N–H and O–H groups in total. The summed E-state index contributed by atoms with van der Waals surface area (Å²) in [4.78, 5) is 26.9. The van der Waals surface area contributed by atoms with Crippen molar-refractivity contribution in [3.05, 3.63) is 65.7 Å². The standard InChI is InChI=1S/C22H26N2O3/c1-3-21(25)24-14-19(17-9-11-18(27-2)12-10-17)20(15-24)22(26)23-13-16-7-5-4-6-8-16/h4-12,19-20H,3,13-15H2,1-2H3,(H,23,26)/t19-,20+/m1/s1. The molecule has 5 nitrogen and oxygen atoms in total. The summed E-state index contributed by atoms with van der Waals surface area (Å²) in [5, 5.41) is 3.04. The maximum absolute atomic E-state index is 12.9. The van der Waals surface area contributed by atoms with Crippen molar-refractivity contribution in [3.63, 3.8) is 0 Å². The van der Waals surface area contributed by atoms with Crippen molar-refractivity contribution >= 4 is 11.8 Å². The van der Waals surface area contributed by atoms with Gasteiger partial charge in [0.1, 0.15) is 5.75 Å². The topological polar surface area (TPSA) is 58.6 Å². The van der Waals surface area contributed by atoms with E-state index in [0.29, 0.717) is 26.1 Å². The summed E-state index contributed by atoms with van der Waals surface area (Å²) in [6.07, 6.45) is 0.452. The van der Waals surface area contributed by atoms with Gasteiger partial charge in [-0.3, -0.25) is 9.59 Å². The number of carbonyl (C=O) groups excluding carboxylic acids is 2. The number of likely N-dealkylation sites (tertiary alicyclic amines) is 1. The molecule has 0 spiro atoms. The monoisotopic (exact) mass is 366 g/mol. The molecule has 2 aromatic carbocycles. The third-order valence-electron chi connectivity index (χ3n) is 5.17. The minimum atomic E-state index is -0.252. The molecular weight excluding hydrogens is 340 g/mol. The molecule has 1 aliphatic rings. The van der Waals surface area contributed by atoms with Crippen LogP contribution in [0.5, 0.6) is 5.75 Å². The molecule has 0 radical (unpaired) electrons. The van der Waals surface area contributed by atoms with Crippen LogP contribution >= 0.6 is 0 Å². The van der Waals surface area contributed by atoms with Crippen LogP contribution in [0.1, 0.15) is 30.4 Å². The van der Waals surface area contributed by atoms with Gasteiger partial charge in [0.05, 0.1) is 13.0 Å². The smallest absolute Gasteiger partial charge is 0.225 e. The molecule has 3 rings (SSSR count). The minimum Gasteiger partial charge on any atom is -0.497 e. The van der Waals surface area contributed by atoms with Crippen LogP contribution in [0.15, 0.2) is 54.6 Å². The van der Waals surface area contributed by atoms with Crippen LogP contribution in [-0.2, 0) is 16.1 Å². The molecule has 0 saturated carbocycles. The van der Waals surface area contributed by atoms with Crippen LogP contribution in [0.3, 0.4) is 0 Å². The van der Waals surface area contributed by atoms with Gasteiger partial charge in [-0.1, -0.05) is 49.4 Å². The molecule has 27 heavy (non-hydrogen) atoms. The molecule has 142 valence electrons. The molecular formula is C22H26N2O3. The minimum absolute atomic E-state index is 0.00826. The number of amides is 2. The Morgan fingerprint density at radius 1 is 1.07 bits per heavy atom. The van der Waals surface area contributed by atoms with Gasteiger partial charge in [0.2, 0.25) is 11.8 Å². The Morgan fingerprint density at radius 3 is 2.41 bits per heavy atom. The molecule has 2 amide bonds. The highest BCUT2D eigenvalue weighted by Crippen LogP contribution is 2.34. The fraction of sp³-hybridized carbons (Fsp3) is 0.364. The summed E-state index contributed by atoms with van der Waals surface area (Å²) in [6, 6.07) is 17.6. The number of carbonyl (C=O) groups is 2. The van der Waals surface area contributed by atoms with Crippen molar-refractivity contribution in [1.29, 1.82) is 0 Å². The summed E-state index contributed by atoms with van der Waals surface area (Å²) >= 11 is 0. The number of hydrogen-bond donors (Lipinski definition) is 1. The van der Waals surface area contributed by atoms with Crippen LogP contribution < -0.4 is 10.1 Å². The van der Waals surface area contributed by atoms with Crippen molar-refractivity contribution in [2.45, 2.75) is 25.8 Å². The van der Waals surface area contributed by atoms with Gasteiger partial charge in [0.25, 0.3) is 0 Å². The van der Waals surface area contributed by atoms with Gasteiger partial charge in [-0.25, -0.2) is 0 Å². The summed E-state index contributed by atoms with van der Waals surface area (Å²) in [6.45, 7) is 3.38. The van der Waals surface area contributed by atoms with Crippen molar-refractivity contribution < 1.29 is 14.3 Å². The Kier molecular flexibility index (Phi) is 6.12. The predicted molar refractivity (Wildman–Crippen MR) is 104 cm³/mol. The average molecular weight is 366 g/mol. The van der Waals surface area contributed by atoms with E-state index in [4.69, 9.17) is 4.74 Å². The number of nitrogens with one attached hydrogen (secondary N) is 1. The van der Waals surface area contributed by atoms with Gasteiger partial charge in [-0.05, 0) is 23.3 Å². The van der Waals surface area contributed by atoms with Gasteiger partial charge in [0.15, 0.2) is 0 Å². The largest absolute Gasteiger partial charge is 0.497 e. The lowest BCUT2D eigenvalue weighted by atomic mass is 9.88. The molecule has 0 unspecified atom stereocenters. The summed E-state index contributed by atoms with van der Waals surface area (Å²) < 4.78 is 5.23. The first-order chi connectivity index (χ1) is 13.1. The lowest BCUT2D eigenvalue weighted by Gasteiger charge is -2.18. The third-order valence-corrected chi connectivity index (χ3v) is 5.17. The normalized spacial score (nSPS) is 19.0. The van der Waals surface area contributed by atoms with E-state index >= 15 is 0 Å². The maximum atomic E-state index is 12.9. The van der Waals surface area contributed by atoms with Gasteiger partial charge in [0, 0.05) is 32.0 Å². The Morgan fingerprint density at radius 2 is 1.78 bits per heavy atom.